The second-order valence-electron chi connectivity index (χ2n) is 5.51. The molecule has 118 valence electrons. The Morgan fingerprint density at radius 3 is 2.71 bits per heavy atom. The fourth-order valence-corrected chi connectivity index (χ4v) is 2.94. The first-order chi connectivity index (χ1) is 9.93. The number of piperidine rings is 1. The number of alkyl halides is 3. The van der Waals surface area contributed by atoms with Gasteiger partial charge in [0.15, 0.2) is 0 Å². The van der Waals surface area contributed by atoms with Crippen molar-refractivity contribution >= 4 is 5.82 Å². The summed E-state index contributed by atoms with van der Waals surface area (Å²) in [5.74, 6) is 0.637. The van der Waals surface area contributed by atoms with Crippen LogP contribution in [0.15, 0.2) is 18.3 Å². The summed E-state index contributed by atoms with van der Waals surface area (Å²) in [7, 11) is 0. The standard InChI is InChI=1S/C15H22F3N3/c1-3-19-11(2)13-6-4-5-9-21(13)14-8-7-12(10-20-14)15(16,17)18/h7-8,10-11,13,19H,3-6,9H2,1-2H3. The van der Waals surface area contributed by atoms with Crippen LogP contribution < -0.4 is 10.2 Å². The molecule has 21 heavy (non-hydrogen) atoms. The monoisotopic (exact) mass is 301 g/mol. The van der Waals surface area contributed by atoms with Crippen molar-refractivity contribution in [2.45, 2.75) is 51.4 Å². The first-order valence-corrected chi connectivity index (χ1v) is 7.46. The van der Waals surface area contributed by atoms with E-state index in [0.717, 1.165) is 44.6 Å². The Morgan fingerprint density at radius 1 is 1.38 bits per heavy atom. The average Bonchev–Trinajstić information content (AvgIpc) is 2.47. The minimum absolute atomic E-state index is 0.280. The normalized spacial score (nSPS) is 21.4. The van der Waals surface area contributed by atoms with Crippen LogP contribution in [0.4, 0.5) is 19.0 Å². The van der Waals surface area contributed by atoms with Crippen molar-refractivity contribution in [1.82, 2.24) is 10.3 Å². The Labute approximate surface area is 123 Å². The maximum absolute atomic E-state index is 12.6. The summed E-state index contributed by atoms with van der Waals surface area (Å²) in [6, 6.07) is 3.17. The molecule has 6 heteroatoms. The average molecular weight is 301 g/mol. The van der Waals surface area contributed by atoms with Gasteiger partial charge in [0, 0.05) is 24.8 Å². The number of rotatable bonds is 4. The maximum atomic E-state index is 12.6. The highest BCUT2D eigenvalue weighted by Gasteiger charge is 2.32. The number of aromatic nitrogens is 1. The minimum Gasteiger partial charge on any atom is -0.352 e. The molecule has 1 fully saturated rings. The van der Waals surface area contributed by atoms with Crippen LogP contribution in [0, 0.1) is 0 Å². The lowest BCUT2D eigenvalue weighted by Gasteiger charge is -2.40. The third kappa shape index (κ3) is 3.87. The van der Waals surface area contributed by atoms with E-state index >= 15 is 0 Å². The second kappa shape index (κ2) is 6.64. The Hall–Kier alpha value is -1.30. The van der Waals surface area contributed by atoms with Gasteiger partial charge < -0.3 is 10.2 Å². The minimum atomic E-state index is -4.33. The van der Waals surface area contributed by atoms with Crippen LogP contribution in [0.1, 0.15) is 38.7 Å². The van der Waals surface area contributed by atoms with E-state index in [-0.39, 0.29) is 6.04 Å². The van der Waals surface area contributed by atoms with E-state index in [9.17, 15) is 13.2 Å². The van der Waals surface area contributed by atoms with E-state index in [1.54, 1.807) is 0 Å². The number of pyridine rings is 1. The van der Waals surface area contributed by atoms with Crippen LogP contribution in [-0.2, 0) is 6.18 Å². The van der Waals surface area contributed by atoms with Crippen molar-refractivity contribution in [1.29, 1.82) is 0 Å². The van der Waals surface area contributed by atoms with Gasteiger partial charge in [0.25, 0.3) is 0 Å². The van der Waals surface area contributed by atoms with E-state index in [0.29, 0.717) is 11.9 Å². The van der Waals surface area contributed by atoms with Gasteiger partial charge in [0.2, 0.25) is 0 Å². The van der Waals surface area contributed by atoms with E-state index in [4.69, 9.17) is 0 Å². The summed E-state index contributed by atoms with van der Waals surface area (Å²) in [5, 5.41) is 3.40. The van der Waals surface area contributed by atoms with E-state index in [1.165, 1.54) is 6.07 Å². The number of halogens is 3. The topological polar surface area (TPSA) is 28.2 Å². The highest BCUT2D eigenvalue weighted by Crippen LogP contribution is 2.31. The molecular weight excluding hydrogens is 279 g/mol. The lowest BCUT2D eigenvalue weighted by Crippen LogP contribution is -2.51. The molecule has 0 amide bonds. The number of anilines is 1. The molecule has 1 aliphatic heterocycles. The van der Waals surface area contributed by atoms with Gasteiger partial charge in [-0.25, -0.2) is 4.98 Å². The molecule has 0 spiro atoms. The zero-order valence-electron chi connectivity index (χ0n) is 12.5. The molecule has 2 heterocycles. The van der Waals surface area contributed by atoms with Gasteiger partial charge in [-0.1, -0.05) is 6.92 Å². The summed E-state index contributed by atoms with van der Waals surface area (Å²) in [4.78, 5) is 6.18. The van der Waals surface area contributed by atoms with Crippen molar-refractivity contribution in [2.24, 2.45) is 0 Å². The summed E-state index contributed by atoms with van der Waals surface area (Å²) >= 11 is 0. The molecular formula is C15H22F3N3. The van der Waals surface area contributed by atoms with Crippen molar-refractivity contribution in [3.05, 3.63) is 23.9 Å². The molecule has 0 bridgehead atoms. The third-order valence-corrected chi connectivity index (χ3v) is 4.02. The third-order valence-electron chi connectivity index (χ3n) is 4.02. The smallest absolute Gasteiger partial charge is 0.352 e. The van der Waals surface area contributed by atoms with Crippen LogP contribution in [0.3, 0.4) is 0 Å². The van der Waals surface area contributed by atoms with E-state index in [1.807, 2.05) is 0 Å². The van der Waals surface area contributed by atoms with Gasteiger partial charge in [-0.2, -0.15) is 13.2 Å². The number of likely N-dealkylation sites (N-methyl/N-ethyl adjacent to an activating group) is 1. The lowest BCUT2D eigenvalue weighted by molar-refractivity contribution is -0.137. The predicted octanol–water partition coefficient (Wildman–Crippen LogP) is 3.46. The summed E-state index contributed by atoms with van der Waals surface area (Å²) in [5.41, 5.74) is -0.695. The van der Waals surface area contributed by atoms with Crippen molar-refractivity contribution < 1.29 is 13.2 Å². The van der Waals surface area contributed by atoms with Gasteiger partial charge in [-0.3, -0.25) is 0 Å². The number of hydrogen-bond donors (Lipinski definition) is 1. The Bertz CT molecular complexity index is 444. The SMILES string of the molecule is CCNC(C)C1CCCCN1c1ccc(C(F)(F)F)cn1. The molecule has 1 saturated heterocycles. The maximum Gasteiger partial charge on any atom is 0.417 e. The first kappa shape index (κ1) is 16.1. The molecule has 0 aromatic carbocycles. The van der Waals surface area contributed by atoms with Gasteiger partial charge in [-0.15, -0.1) is 0 Å². The van der Waals surface area contributed by atoms with Crippen LogP contribution in [0.2, 0.25) is 0 Å². The number of nitrogens with one attached hydrogen (secondary N) is 1. The largest absolute Gasteiger partial charge is 0.417 e. The molecule has 3 nitrogen and oxygen atoms in total. The van der Waals surface area contributed by atoms with E-state index in [2.05, 4.69) is 29.0 Å². The summed E-state index contributed by atoms with van der Waals surface area (Å²) < 4.78 is 37.8. The fraction of sp³-hybridized carbons (Fsp3) is 0.667. The molecule has 1 aromatic heterocycles. The fourth-order valence-electron chi connectivity index (χ4n) is 2.94. The van der Waals surface area contributed by atoms with Crippen LogP contribution in [-0.4, -0.2) is 30.2 Å². The molecule has 2 unspecified atom stereocenters. The summed E-state index contributed by atoms with van der Waals surface area (Å²) in [6.07, 6.45) is -0.157. The summed E-state index contributed by atoms with van der Waals surface area (Å²) in [6.45, 7) is 5.90. The molecule has 0 saturated carbocycles. The second-order valence-corrected chi connectivity index (χ2v) is 5.51. The molecule has 1 aliphatic rings. The molecule has 1 aromatic rings. The molecule has 1 N–H and O–H groups in total. The lowest BCUT2D eigenvalue weighted by atomic mass is 9.96. The number of hydrogen-bond acceptors (Lipinski definition) is 3. The van der Waals surface area contributed by atoms with Crippen molar-refractivity contribution in [2.75, 3.05) is 18.0 Å². The first-order valence-electron chi connectivity index (χ1n) is 7.46. The zero-order valence-corrected chi connectivity index (χ0v) is 12.5. The Balaban J connectivity index is 2.17. The molecule has 2 atom stereocenters. The van der Waals surface area contributed by atoms with Gasteiger partial charge in [0.05, 0.1) is 5.56 Å². The predicted molar refractivity (Wildman–Crippen MR) is 77.4 cm³/mol. The van der Waals surface area contributed by atoms with Crippen LogP contribution in [0.5, 0.6) is 0 Å². The zero-order chi connectivity index (χ0) is 15.5. The highest BCUT2D eigenvalue weighted by atomic mass is 19.4. The Morgan fingerprint density at radius 2 is 2.14 bits per heavy atom. The van der Waals surface area contributed by atoms with Gasteiger partial charge >= 0.3 is 6.18 Å². The van der Waals surface area contributed by atoms with Crippen LogP contribution >= 0.6 is 0 Å². The Kier molecular flexibility index (Phi) is 5.08. The van der Waals surface area contributed by atoms with Crippen LogP contribution in [0.25, 0.3) is 0 Å². The van der Waals surface area contributed by atoms with Crippen molar-refractivity contribution in [3.8, 4) is 0 Å². The molecule has 0 aliphatic carbocycles. The van der Waals surface area contributed by atoms with Gasteiger partial charge in [0.1, 0.15) is 5.82 Å². The van der Waals surface area contributed by atoms with Gasteiger partial charge in [-0.05, 0) is 44.9 Å². The quantitative estimate of drug-likeness (QED) is 0.923. The van der Waals surface area contributed by atoms with Crippen molar-refractivity contribution in [3.63, 3.8) is 0 Å². The highest BCUT2D eigenvalue weighted by molar-refractivity contribution is 5.42. The molecule has 2 rings (SSSR count). The number of nitrogens with zero attached hydrogens (tertiary/aromatic N) is 2. The van der Waals surface area contributed by atoms with E-state index < -0.39 is 11.7 Å². The molecule has 0 radical (unpaired) electrons.